The Morgan fingerprint density at radius 2 is 1.81 bits per heavy atom. The minimum Gasteiger partial charge on any atom is -0.271 e. The Bertz CT molecular complexity index is 628. The van der Waals surface area contributed by atoms with Gasteiger partial charge in [0, 0.05) is 22.6 Å². The van der Waals surface area contributed by atoms with E-state index in [1.807, 2.05) is 11.8 Å². The summed E-state index contributed by atoms with van der Waals surface area (Å²) in [5, 5.41) is 0. The molecule has 3 N–H and O–H groups in total. The lowest BCUT2D eigenvalue weighted by Gasteiger charge is -2.23. The van der Waals surface area contributed by atoms with Gasteiger partial charge in [0.15, 0.2) is 0 Å². The van der Waals surface area contributed by atoms with Crippen LogP contribution in [0.3, 0.4) is 0 Å². The maximum atomic E-state index is 5.93. The van der Waals surface area contributed by atoms with Crippen molar-refractivity contribution < 1.29 is 0 Å². The molecule has 4 unspecified atom stereocenters. The summed E-state index contributed by atoms with van der Waals surface area (Å²) >= 11 is 1.97. The molecule has 0 radical (unpaired) electrons. The molecule has 1 aliphatic heterocycles. The number of benzene rings is 2. The zero-order chi connectivity index (χ0) is 14.2. The Kier molecular flexibility index (Phi) is 3.49. The highest BCUT2D eigenvalue weighted by molar-refractivity contribution is 7.99. The van der Waals surface area contributed by atoms with Crippen LogP contribution in [0.15, 0.2) is 59.5 Å². The van der Waals surface area contributed by atoms with Crippen LogP contribution in [0.1, 0.15) is 29.4 Å². The van der Waals surface area contributed by atoms with Gasteiger partial charge in [-0.1, -0.05) is 48.5 Å². The van der Waals surface area contributed by atoms with Crippen molar-refractivity contribution in [3.63, 3.8) is 0 Å². The highest BCUT2D eigenvalue weighted by atomic mass is 32.2. The molecule has 0 saturated heterocycles. The molecular formula is C18H20N2S. The highest BCUT2D eigenvalue weighted by Gasteiger charge is 2.47. The third kappa shape index (κ3) is 2.39. The molecule has 0 amide bonds. The average molecular weight is 296 g/mol. The topological polar surface area (TPSA) is 38.0 Å². The number of nitrogens with one attached hydrogen (secondary N) is 1. The van der Waals surface area contributed by atoms with Crippen molar-refractivity contribution in [2.24, 2.45) is 11.8 Å². The van der Waals surface area contributed by atoms with Gasteiger partial charge in [-0.2, -0.15) is 0 Å². The van der Waals surface area contributed by atoms with Crippen LogP contribution in [-0.4, -0.2) is 11.8 Å². The monoisotopic (exact) mass is 296 g/mol. The van der Waals surface area contributed by atoms with Gasteiger partial charge in [-0.05, 0) is 35.4 Å². The van der Waals surface area contributed by atoms with Crippen molar-refractivity contribution in [2.45, 2.75) is 29.2 Å². The lowest BCUT2D eigenvalue weighted by Crippen LogP contribution is -2.42. The zero-order valence-corrected chi connectivity index (χ0v) is 12.7. The minimum absolute atomic E-state index is 0.381. The zero-order valence-electron chi connectivity index (χ0n) is 11.9. The first-order valence-corrected chi connectivity index (χ1v) is 8.60. The van der Waals surface area contributed by atoms with Gasteiger partial charge in [0.05, 0.1) is 0 Å². The minimum atomic E-state index is 0.381. The van der Waals surface area contributed by atoms with Crippen molar-refractivity contribution >= 4 is 11.8 Å². The van der Waals surface area contributed by atoms with Gasteiger partial charge in [-0.15, -0.1) is 11.8 Å². The number of nitrogens with two attached hydrogens (primary N) is 1. The van der Waals surface area contributed by atoms with E-state index in [4.69, 9.17) is 5.84 Å². The number of thioether (sulfide) groups is 1. The Labute approximate surface area is 130 Å². The van der Waals surface area contributed by atoms with Crippen molar-refractivity contribution in [1.82, 2.24) is 5.43 Å². The van der Waals surface area contributed by atoms with Crippen molar-refractivity contribution in [3.8, 4) is 0 Å². The van der Waals surface area contributed by atoms with Crippen LogP contribution in [0.5, 0.6) is 0 Å². The van der Waals surface area contributed by atoms with E-state index in [2.05, 4.69) is 60.0 Å². The second kappa shape index (κ2) is 5.48. The maximum absolute atomic E-state index is 5.93. The molecular weight excluding hydrogens is 276 g/mol. The maximum Gasteiger partial charge on any atom is 0.0321 e. The average Bonchev–Trinajstić information content (AvgIpc) is 3.22. The van der Waals surface area contributed by atoms with Gasteiger partial charge in [0.2, 0.25) is 0 Å². The lowest BCUT2D eigenvalue weighted by molar-refractivity contribution is 0.413. The van der Waals surface area contributed by atoms with Gasteiger partial charge < -0.3 is 0 Å². The van der Waals surface area contributed by atoms with E-state index in [1.54, 1.807) is 0 Å². The first kappa shape index (κ1) is 13.4. The molecule has 1 fully saturated rings. The van der Waals surface area contributed by atoms with Crippen LogP contribution < -0.4 is 11.3 Å². The van der Waals surface area contributed by atoms with Crippen LogP contribution >= 0.6 is 11.8 Å². The van der Waals surface area contributed by atoms with Crippen LogP contribution in [-0.2, 0) is 0 Å². The molecule has 1 aliphatic carbocycles. The summed E-state index contributed by atoms with van der Waals surface area (Å²) in [5.41, 5.74) is 6.07. The van der Waals surface area contributed by atoms with E-state index < -0.39 is 0 Å². The van der Waals surface area contributed by atoms with Gasteiger partial charge in [-0.3, -0.25) is 11.3 Å². The van der Waals surface area contributed by atoms with Gasteiger partial charge >= 0.3 is 0 Å². The summed E-state index contributed by atoms with van der Waals surface area (Å²) in [6, 6.07) is 20.0. The Hall–Kier alpha value is -1.29. The number of hydrazine groups is 1. The van der Waals surface area contributed by atoms with E-state index in [9.17, 15) is 0 Å². The van der Waals surface area contributed by atoms with Crippen LogP contribution in [0.25, 0.3) is 0 Å². The SMILES string of the molecule is NNC(C1CSc2ccccc21)C1CC1c1ccccc1. The standard InChI is InChI=1S/C18H20N2S/c19-20-18(15-10-14(15)12-6-2-1-3-7-12)16-11-21-17-9-5-4-8-13(16)17/h1-9,14-16,18,20H,10-11,19H2. The first-order chi connectivity index (χ1) is 10.4. The molecule has 0 bridgehead atoms. The van der Waals surface area contributed by atoms with Crippen LogP contribution in [0.2, 0.25) is 0 Å². The van der Waals surface area contributed by atoms with Gasteiger partial charge in [-0.25, -0.2) is 0 Å². The fraction of sp³-hybridized carbons (Fsp3) is 0.333. The summed E-state index contributed by atoms with van der Waals surface area (Å²) in [6.45, 7) is 0. The molecule has 4 atom stereocenters. The molecule has 21 heavy (non-hydrogen) atoms. The number of hydrogen-bond donors (Lipinski definition) is 2. The summed E-state index contributed by atoms with van der Waals surface area (Å²) in [5.74, 6) is 8.95. The Morgan fingerprint density at radius 1 is 1.05 bits per heavy atom. The van der Waals surface area contributed by atoms with E-state index in [0.717, 1.165) is 5.75 Å². The summed E-state index contributed by atoms with van der Waals surface area (Å²) < 4.78 is 0. The lowest BCUT2D eigenvalue weighted by atomic mass is 9.89. The smallest absolute Gasteiger partial charge is 0.0321 e. The van der Waals surface area contributed by atoms with E-state index in [1.165, 1.54) is 22.4 Å². The van der Waals surface area contributed by atoms with Crippen molar-refractivity contribution in [2.75, 3.05) is 5.75 Å². The molecule has 3 heteroatoms. The molecule has 2 aromatic rings. The predicted octanol–water partition coefficient (Wildman–Crippen LogP) is 3.51. The van der Waals surface area contributed by atoms with Gasteiger partial charge in [0.25, 0.3) is 0 Å². The normalized spacial score (nSPS) is 28.1. The first-order valence-electron chi connectivity index (χ1n) is 7.61. The van der Waals surface area contributed by atoms with Crippen molar-refractivity contribution in [3.05, 3.63) is 65.7 Å². The number of fused-ring (bicyclic) bond motifs is 1. The van der Waals surface area contributed by atoms with Gasteiger partial charge in [0.1, 0.15) is 0 Å². The van der Waals surface area contributed by atoms with Crippen LogP contribution in [0.4, 0.5) is 0 Å². The third-order valence-corrected chi connectivity index (χ3v) is 6.10. The van der Waals surface area contributed by atoms with Crippen LogP contribution in [0, 0.1) is 5.92 Å². The van der Waals surface area contributed by atoms with Crippen molar-refractivity contribution in [1.29, 1.82) is 0 Å². The fourth-order valence-corrected chi connectivity index (χ4v) is 5.02. The second-order valence-electron chi connectivity index (χ2n) is 6.06. The summed E-state index contributed by atoms with van der Waals surface area (Å²) in [6.07, 6.45) is 1.25. The molecule has 2 nitrogen and oxygen atoms in total. The number of hydrogen-bond acceptors (Lipinski definition) is 3. The fourth-order valence-electron chi connectivity index (χ4n) is 3.72. The highest BCUT2D eigenvalue weighted by Crippen LogP contribution is 2.54. The molecule has 1 saturated carbocycles. The Balaban J connectivity index is 1.55. The molecule has 0 aromatic heterocycles. The number of rotatable bonds is 4. The molecule has 2 aliphatic rings. The van der Waals surface area contributed by atoms with E-state index in [-0.39, 0.29) is 0 Å². The largest absolute Gasteiger partial charge is 0.271 e. The molecule has 4 rings (SSSR count). The van der Waals surface area contributed by atoms with E-state index >= 15 is 0 Å². The molecule has 108 valence electrons. The predicted molar refractivity (Wildman–Crippen MR) is 88.3 cm³/mol. The Morgan fingerprint density at radius 3 is 2.62 bits per heavy atom. The summed E-state index contributed by atoms with van der Waals surface area (Å²) in [7, 11) is 0. The van der Waals surface area contributed by atoms with E-state index in [0.29, 0.717) is 23.8 Å². The third-order valence-electron chi connectivity index (χ3n) is 4.89. The molecule has 1 heterocycles. The summed E-state index contributed by atoms with van der Waals surface area (Å²) in [4.78, 5) is 1.43. The molecule has 2 aromatic carbocycles. The quantitative estimate of drug-likeness (QED) is 0.670. The molecule has 0 spiro atoms. The second-order valence-corrected chi connectivity index (χ2v) is 7.13.